The lowest BCUT2D eigenvalue weighted by Gasteiger charge is -2.30. The predicted molar refractivity (Wildman–Crippen MR) is 279 cm³/mol. The molecule has 1 N–H and O–H groups in total. The van der Waals surface area contributed by atoms with Gasteiger partial charge in [-0.2, -0.15) is 0 Å². The van der Waals surface area contributed by atoms with Crippen molar-refractivity contribution in [3.63, 3.8) is 0 Å². The van der Waals surface area contributed by atoms with Crippen molar-refractivity contribution in [2.75, 3.05) is 40.9 Å². The molecule has 3 atom stereocenters. The molecule has 66 heavy (non-hydrogen) atoms. The van der Waals surface area contributed by atoms with E-state index in [0.29, 0.717) is 17.4 Å². The summed E-state index contributed by atoms with van der Waals surface area (Å²) >= 11 is 0. The number of likely N-dealkylation sites (N-methyl/N-ethyl adjacent to an activating group) is 1. The van der Waals surface area contributed by atoms with Crippen molar-refractivity contribution in [1.82, 2.24) is 5.32 Å². The number of allylic oxidation sites excluding steroid dienone is 5. The summed E-state index contributed by atoms with van der Waals surface area (Å²) in [6.45, 7) is 6.81. The van der Waals surface area contributed by atoms with Gasteiger partial charge in [-0.3, -0.25) is 14.2 Å². The SMILES string of the molecule is CCCCC/C=C/C=C/CCCCCCCCC(=O)NC(COP(=O)([O-])OCC[N+](C)(C)C)C(/C=C/CCCCCCCCCCCC)OC(=O)CCCCCCCCCCCCCCC. The number of nitrogens with one attached hydrogen (secondary N) is 1. The van der Waals surface area contributed by atoms with Crippen molar-refractivity contribution in [2.24, 2.45) is 0 Å². The van der Waals surface area contributed by atoms with E-state index in [1.165, 1.54) is 141 Å². The van der Waals surface area contributed by atoms with E-state index in [-0.39, 0.29) is 31.5 Å². The van der Waals surface area contributed by atoms with E-state index in [1.54, 1.807) is 0 Å². The Morgan fingerprint density at radius 3 is 1.36 bits per heavy atom. The molecule has 0 saturated heterocycles. The summed E-state index contributed by atoms with van der Waals surface area (Å²) in [7, 11) is 1.18. The number of unbranched alkanes of at least 4 members (excludes halogenated alkanes) is 31. The summed E-state index contributed by atoms with van der Waals surface area (Å²) in [5.41, 5.74) is 0. The summed E-state index contributed by atoms with van der Waals surface area (Å²) in [5.74, 6) is -0.548. The molecule has 0 rings (SSSR count). The van der Waals surface area contributed by atoms with Crippen molar-refractivity contribution in [2.45, 2.75) is 270 Å². The van der Waals surface area contributed by atoms with Crippen LogP contribution in [0, 0.1) is 0 Å². The number of hydrogen-bond donors (Lipinski definition) is 1. The molecular formula is C56H107N2O7P. The molecule has 0 aliphatic carbocycles. The Hall–Kier alpha value is -1.77. The Morgan fingerprint density at radius 1 is 0.530 bits per heavy atom. The van der Waals surface area contributed by atoms with Crippen LogP contribution >= 0.6 is 7.82 Å². The van der Waals surface area contributed by atoms with Crippen LogP contribution in [-0.4, -0.2) is 69.4 Å². The van der Waals surface area contributed by atoms with E-state index in [2.05, 4.69) is 50.4 Å². The maximum Gasteiger partial charge on any atom is 0.306 e. The number of phosphoric acid groups is 1. The first-order valence-corrected chi connectivity index (χ1v) is 29.3. The standard InChI is InChI=1S/C56H107N2O7P/c1-7-10-13-16-19-22-25-28-29-31-33-36-39-42-45-48-55(59)57-53(52-64-66(61,62)63-51-50-58(4,5)6)54(47-44-41-38-35-32-27-24-21-18-15-12-9-3)65-56(60)49-46-43-40-37-34-30-26-23-20-17-14-11-8-2/h19,22,25,28,44,47,53-54H,7-18,20-21,23-24,26-27,29-43,45-46,48-52H2,1-6H3,(H-,57,59,61,62)/b22-19+,28-25+,47-44+. The van der Waals surface area contributed by atoms with Gasteiger partial charge in [0, 0.05) is 12.8 Å². The Balaban J connectivity index is 5.39. The third kappa shape index (κ3) is 47.3. The summed E-state index contributed by atoms with van der Waals surface area (Å²) < 4.78 is 30.2. The van der Waals surface area contributed by atoms with Crippen LogP contribution in [0.25, 0.3) is 0 Å². The quantitative estimate of drug-likeness (QED) is 0.0161. The van der Waals surface area contributed by atoms with Gasteiger partial charge >= 0.3 is 5.97 Å². The number of carbonyl (C=O) groups excluding carboxylic acids is 2. The molecule has 0 aliphatic rings. The van der Waals surface area contributed by atoms with Crippen LogP contribution in [0.15, 0.2) is 36.5 Å². The monoisotopic (exact) mass is 951 g/mol. The van der Waals surface area contributed by atoms with Gasteiger partial charge in [-0.05, 0) is 57.4 Å². The lowest BCUT2D eigenvalue weighted by Crippen LogP contribution is -2.47. The molecule has 0 aliphatic heterocycles. The van der Waals surface area contributed by atoms with Gasteiger partial charge in [0.15, 0.2) is 0 Å². The predicted octanol–water partition coefficient (Wildman–Crippen LogP) is 15.8. The third-order valence-corrected chi connectivity index (χ3v) is 13.3. The van der Waals surface area contributed by atoms with Gasteiger partial charge in [-0.1, -0.05) is 225 Å². The minimum absolute atomic E-state index is 0.0230. The van der Waals surface area contributed by atoms with Gasteiger partial charge in [0.1, 0.15) is 19.3 Å². The number of amides is 1. The lowest BCUT2D eigenvalue weighted by atomic mass is 10.0. The topological polar surface area (TPSA) is 114 Å². The Morgan fingerprint density at radius 2 is 0.909 bits per heavy atom. The number of nitrogens with zero attached hydrogens (tertiary/aromatic N) is 1. The van der Waals surface area contributed by atoms with E-state index < -0.39 is 20.0 Å². The molecule has 388 valence electrons. The van der Waals surface area contributed by atoms with Crippen LogP contribution in [0.4, 0.5) is 0 Å². The minimum Gasteiger partial charge on any atom is -0.756 e. The van der Waals surface area contributed by atoms with Gasteiger partial charge in [0.05, 0.1) is 33.8 Å². The molecule has 0 heterocycles. The highest BCUT2D eigenvalue weighted by atomic mass is 31.2. The van der Waals surface area contributed by atoms with Crippen LogP contribution in [0.3, 0.4) is 0 Å². The van der Waals surface area contributed by atoms with E-state index in [9.17, 15) is 19.0 Å². The second-order valence-corrected chi connectivity index (χ2v) is 21.5. The molecule has 0 aromatic rings. The Labute approximate surface area is 408 Å². The van der Waals surface area contributed by atoms with E-state index >= 15 is 0 Å². The second-order valence-electron chi connectivity index (χ2n) is 20.1. The number of ether oxygens (including phenoxy) is 1. The summed E-state index contributed by atoms with van der Waals surface area (Å²) in [5, 5.41) is 3.01. The minimum atomic E-state index is -4.69. The molecule has 0 bridgehead atoms. The zero-order valence-electron chi connectivity index (χ0n) is 44.2. The van der Waals surface area contributed by atoms with E-state index in [0.717, 1.165) is 83.5 Å². The largest absolute Gasteiger partial charge is 0.756 e. The number of quaternary nitrogens is 1. The first kappa shape index (κ1) is 64.2. The molecule has 0 saturated carbocycles. The molecule has 0 radical (unpaired) electrons. The molecule has 0 fully saturated rings. The molecule has 1 amide bonds. The number of hydrogen-bond acceptors (Lipinski definition) is 7. The molecule has 0 spiro atoms. The van der Waals surface area contributed by atoms with Crippen LogP contribution in [-0.2, 0) is 27.9 Å². The van der Waals surface area contributed by atoms with Crippen molar-refractivity contribution < 1.29 is 37.3 Å². The maximum absolute atomic E-state index is 13.4. The zero-order valence-corrected chi connectivity index (χ0v) is 45.0. The Kier molecular flexibility index (Phi) is 45.7. The Bertz CT molecular complexity index is 1230. The fraction of sp³-hybridized carbons (Fsp3) is 0.857. The highest BCUT2D eigenvalue weighted by Crippen LogP contribution is 2.38. The number of rotatable bonds is 50. The molecule has 0 aromatic carbocycles. The van der Waals surface area contributed by atoms with E-state index in [4.69, 9.17) is 13.8 Å². The van der Waals surface area contributed by atoms with Gasteiger partial charge in [0.25, 0.3) is 7.82 Å². The van der Waals surface area contributed by atoms with Crippen LogP contribution in [0.5, 0.6) is 0 Å². The summed E-state index contributed by atoms with van der Waals surface area (Å²) in [6, 6.07) is -0.888. The maximum atomic E-state index is 13.4. The first-order valence-electron chi connectivity index (χ1n) is 27.8. The van der Waals surface area contributed by atoms with Crippen LogP contribution in [0.1, 0.15) is 258 Å². The number of carbonyl (C=O) groups is 2. The van der Waals surface area contributed by atoms with Gasteiger partial charge in [-0.25, -0.2) is 0 Å². The number of phosphoric ester groups is 1. The smallest absolute Gasteiger partial charge is 0.306 e. The van der Waals surface area contributed by atoms with Crippen molar-refractivity contribution >= 4 is 19.7 Å². The zero-order chi connectivity index (χ0) is 48.7. The molecule has 10 heteroatoms. The lowest BCUT2D eigenvalue weighted by molar-refractivity contribution is -0.870. The normalized spacial score (nSPS) is 14.1. The first-order chi connectivity index (χ1) is 31.9. The summed E-state index contributed by atoms with van der Waals surface area (Å²) in [4.78, 5) is 39.7. The molecule has 3 unspecified atom stereocenters. The molecular weight excluding hydrogens is 844 g/mol. The molecule has 0 aromatic heterocycles. The van der Waals surface area contributed by atoms with Crippen molar-refractivity contribution in [3.8, 4) is 0 Å². The van der Waals surface area contributed by atoms with Gasteiger partial charge < -0.3 is 28.5 Å². The second kappa shape index (κ2) is 46.9. The van der Waals surface area contributed by atoms with Crippen molar-refractivity contribution in [1.29, 1.82) is 0 Å². The fourth-order valence-corrected chi connectivity index (χ4v) is 8.71. The van der Waals surface area contributed by atoms with Crippen molar-refractivity contribution in [3.05, 3.63) is 36.5 Å². The van der Waals surface area contributed by atoms with Crippen LogP contribution in [0.2, 0.25) is 0 Å². The summed E-state index contributed by atoms with van der Waals surface area (Å²) in [6.07, 6.45) is 53.8. The average molecular weight is 951 g/mol. The fourth-order valence-electron chi connectivity index (χ4n) is 7.98. The highest BCUT2D eigenvalue weighted by molar-refractivity contribution is 7.45. The van der Waals surface area contributed by atoms with Crippen LogP contribution < -0.4 is 10.2 Å². The van der Waals surface area contributed by atoms with E-state index in [1.807, 2.05) is 33.3 Å². The van der Waals surface area contributed by atoms with Gasteiger partial charge in [0.2, 0.25) is 5.91 Å². The number of esters is 1. The van der Waals surface area contributed by atoms with Gasteiger partial charge in [-0.15, -0.1) is 0 Å². The molecule has 9 nitrogen and oxygen atoms in total. The third-order valence-electron chi connectivity index (χ3n) is 12.4. The highest BCUT2D eigenvalue weighted by Gasteiger charge is 2.27. The average Bonchev–Trinajstić information content (AvgIpc) is 3.27.